The molecule has 0 saturated carbocycles. The molecule has 1 atom stereocenters. The fraction of sp³-hybridized carbons (Fsp3) is 0.333. The van der Waals surface area contributed by atoms with Crippen molar-refractivity contribution in [2.75, 3.05) is 19.7 Å². The molecule has 29 heavy (non-hydrogen) atoms. The fourth-order valence-corrected chi connectivity index (χ4v) is 3.14. The van der Waals surface area contributed by atoms with Crippen molar-refractivity contribution in [2.24, 2.45) is 0 Å². The van der Waals surface area contributed by atoms with E-state index >= 15 is 0 Å². The molecule has 3 N–H and O–H groups in total. The molecule has 0 bridgehead atoms. The minimum absolute atomic E-state index is 0.000311. The summed E-state index contributed by atoms with van der Waals surface area (Å²) >= 11 is 0. The lowest BCUT2D eigenvalue weighted by molar-refractivity contribution is -0.139. The second-order valence-electron chi connectivity index (χ2n) is 6.56. The van der Waals surface area contributed by atoms with Crippen LogP contribution < -0.4 is 16.0 Å². The van der Waals surface area contributed by atoms with Crippen LogP contribution in [0, 0.1) is 11.6 Å². The molecule has 1 fully saturated rings. The summed E-state index contributed by atoms with van der Waals surface area (Å²) < 4.78 is 32.8. The Kier molecular flexibility index (Phi) is 5.23. The van der Waals surface area contributed by atoms with Crippen LogP contribution in [0.15, 0.2) is 29.5 Å². The van der Waals surface area contributed by atoms with Gasteiger partial charge < -0.3 is 20.7 Å². The topological polar surface area (TPSA) is 117 Å². The Labute approximate surface area is 164 Å². The van der Waals surface area contributed by atoms with Crippen LogP contribution in [0.25, 0.3) is 0 Å². The van der Waals surface area contributed by atoms with Crippen molar-refractivity contribution in [3.05, 3.63) is 46.7 Å². The first-order valence-corrected chi connectivity index (χ1v) is 8.71. The Bertz CT molecular complexity index is 948. The number of nitrogens with zero attached hydrogens (tertiary/aromatic N) is 1. The van der Waals surface area contributed by atoms with Crippen LogP contribution in [0.2, 0.25) is 0 Å². The van der Waals surface area contributed by atoms with Gasteiger partial charge in [-0.2, -0.15) is 0 Å². The van der Waals surface area contributed by atoms with E-state index in [1.54, 1.807) is 6.92 Å². The smallest absolute Gasteiger partial charge is 0.337 e. The van der Waals surface area contributed by atoms with Gasteiger partial charge >= 0.3 is 18.0 Å². The van der Waals surface area contributed by atoms with E-state index in [0.29, 0.717) is 4.90 Å². The van der Waals surface area contributed by atoms with E-state index in [0.717, 1.165) is 18.2 Å². The lowest BCUT2D eigenvalue weighted by Gasteiger charge is -2.25. The number of ether oxygens (including phenoxy) is 1. The van der Waals surface area contributed by atoms with Crippen molar-refractivity contribution in [3.63, 3.8) is 0 Å². The number of rotatable bonds is 5. The number of carbonyl (C=O) groups is 4. The van der Waals surface area contributed by atoms with E-state index < -0.39 is 47.7 Å². The molecule has 3 rings (SSSR count). The van der Waals surface area contributed by atoms with Crippen molar-refractivity contribution < 1.29 is 32.7 Å². The summed E-state index contributed by atoms with van der Waals surface area (Å²) in [5, 5.41) is 7.13. The van der Waals surface area contributed by atoms with Crippen molar-refractivity contribution in [3.8, 4) is 0 Å². The van der Waals surface area contributed by atoms with Gasteiger partial charge in [0.2, 0.25) is 0 Å². The largest absolute Gasteiger partial charge is 0.463 e. The van der Waals surface area contributed by atoms with E-state index in [1.807, 2.05) is 0 Å². The third kappa shape index (κ3) is 3.62. The molecule has 2 aliphatic heterocycles. The molecule has 0 spiro atoms. The first-order chi connectivity index (χ1) is 13.7. The van der Waals surface area contributed by atoms with Crippen LogP contribution in [-0.4, -0.2) is 48.5 Å². The summed E-state index contributed by atoms with van der Waals surface area (Å²) in [4.78, 5) is 49.9. The Morgan fingerprint density at radius 1 is 1.28 bits per heavy atom. The number of halogens is 2. The van der Waals surface area contributed by atoms with Crippen LogP contribution in [0.4, 0.5) is 18.4 Å². The van der Waals surface area contributed by atoms with Gasteiger partial charge in [-0.25, -0.2) is 23.2 Å². The van der Waals surface area contributed by atoms with Gasteiger partial charge in [0, 0.05) is 5.56 Å². The molecule has 9 nitrogen and oxygen atoms in total. The van der Waals surface area contributed by atoms with E-state index in [9.17, 15) is 28.0 Å². The van der Waals surface area contributed by atoms with Gasteiger partial charge in [-0.05, 0) is 32.0 Å². The molecule has 0 aliphatic carbocycles. The number of imide groups is 1. The summed E-state index contributed by atoms with van der Waals surface area (Å²) in [5.41, 5.74) is -2.16. The predicted octanol–water partition coefficient (Wildman–Crippen LogP) is 0.862. The van der Waals surface area contributed by atoms with Crippen LogP contribution in [0.1, 0.15) is 19.4 Å². The minimum Gasteiger partial charge on any atom is -0.463 e. The van der Waals surface area contributed by atoms with E-state index in [2.05, 4.69) is 16.0 Å². The molecule has 2 heterocycles. The maximum Gasteiger partial charge on any atom is 0.337 e. The van der Waals surface area contributed by atoms with Crippen molar-refractivity contribution in [1.82, 2.24) is 20.9 Å². The molecule has 154 valence electrons. The van der Waals surface area contributed by atoms with E-state index in [4.69, 9.17) is 4.74 Å². The second kappa shape index (κ2) is 7.49. The fourth-order valence-electron chi connectivity index (χ4n) is 3.14. The highest BCUT2D eigenvalue weighted by molar-refractivity contribution is 6.07. The second-order valence-corrected chi connectivity index (χ2v) is 6.56. The van der Waals surface area contributed by atoms with Crippen LogP contribution in [0.3, 0.4) is 0 Å². The lowest BCUT2D eigenvalue weighted by atomic mass is 9.91. The number of urea groups is 2. The van der Waals surface area contributed by atoms with Crippen LogP contribution in [-0.2, 0) is 19.9 Å². The molecule has 5 amide bonds. The summed E-state index contributed by atoms with van der Waals surface area (Å²) in [6.45, 7) is 2.32. The summed E-state index contributed by atoms with van der Waals surface area (Å²) in [7, 11) is 0. The van der Waals surface area contributed by atoms with E-state index in [1.165, 1.54) is 6.92 Å². The molecule has 2 aliphatic rings. The normalized spacial score (nSPS) is 21.7. The van der Waals surface area contributed by atoms with Crippen LogP contribution >= 0.6 is 0 Å². The number of benzene rings is 1. The molecule has 1 saturated heterocycles. The Morgan fingerprint density at radius 2 is 2.00 bits per heavy atom. The number of esters is 1. The zero-order chi connectivity index (χ0) is 21.3. The van der Waals surface area contributed by atoms with Gasteiger partial charge in [0.1, 0.15) is 17.2 Å². The SMILES string of the molecule is CCOC(=O)C1=C(CN2C(=O)NC(C)(c3cc(F)ccc3F)C2=O)NC(=O)NC1. The zero-order valence-corrected chi connectivity index (χ0v) is 15.6. The maximum atomic E-state index is 14.2. The number of carbonyl (C=O) groups excluding carboxylic acids is 4. The molecule has 0 radical (unpaired) electrons. The molecule has 0 aromatic heterocycles. The van der Waals surface area contributed by atoms with Crippen LogP contribution in [0.5, 0.6) is 0 Å². The maximum absolute atomic E-state index is 14.2. The highest BCUT2D eigenvalue weighted by Gasteiger charge is 2.51. The summed E-state index contributed by atoms with van der Waals surface area (Å²) in [6.07, 6.45) is 0. The summed E-state index contributed by atoms with van der Waals surface area (Å²) in [5.74, 6) is -3.23. The van der Waals surface area contributed by atoms with Gasteiger partial charge in [-0.1, -0.05) is 0 Å². The lowest BCUT2D eigenvalue weighted by Crippen LogP contribution is -2.48. The Balaban J connectivity index is 1.94. The monoisotopic (exact) mass is 408 g/mol. The highest BCUT2D eigenvalue weighted by Crippen LogP contribution is 2.31. The quantitative estimate of drug-likeness (QED) is 0.494. The molecule has 1 unspecified atom stereocenters. The molecular weight excluding hydrogens is 390 g/mol. The standard InChI is InChI=1S/C18H18F2N4O5/c1-3-29-14(25)10-7-21-16(27)22-13(10)8-24-15(26)18(2,23-17(24)28)11-6-9(19)4-5-12(11)20/h4-6H,3,7-8H2,1-2H3,(H,23,28)(H2,21,22,27). The molecule has 1 aromatic rings. The van der Waals surface area contributed by atoms with Gasteiger partial charge in [0.05, 0.1) is 31.0 Å². The third-order valence-corrected chi connectivity index (χ3v) is 4.63. The summed E-state index contributed by atoms with van der Waals surface area (Å²) in [6, 6.07) is 1.06. The van der Waals surface area contributed by atoms with Crippen molar-refractivity contribution in [1.29, 1.82) is 0 Å². The van der Waals surface area contributed by atoms with E-state index in [-0.39, 0.29) is 30.0 Å². The highest BCUT2D eigenvalue weighted by atomic mass is 19.1. The first kappa shape index (κ1) is 20.2. The zero-order valence-electron chi connectivity index (χ0n) is 15.6. The first-order valence-electron chi connectivity index (χ1n) is 8.71. The molecule has 11 heteroatoms. The minimum atomic E-state index is -1.86. The van der Waals surface area contributed by atoms with Crippen molar-refractivity contribution >= 4 is 23.9 Å². The molecular formula is C18H18F2N4O5. The van der Waals surface area contributed by atoms with Gasteiger partial charge in [-0.3, -0.25) is 9.69 Å². The van der Waals surface area contributed by atoms with Crippen molar-refractivity contribution in [2.45, 2.75) is 19.4 Å². The Hall–Kier alpha value is -3.50. The number of hydrogen-bond donors (Lipinski definition) is 3. The molecule has 1 aromatic carbocycles. The average Bonchev–Trinajstić information content (AvgIpc) is 2.88. The number of amides is 5. The number of nitrogens with one attached hydrogen (secondary N) is 3. The predicted molar refractivity (Wildman–Crippen MR) is 94.1 cm³/mol. The van der Waals surface area contributed by atoms with Gasteiger partial charge in [0.15, 0.2) is 0 Å². The third-order valence-electron chi connectivity index (χ3n) is 4.63. The Morgan fingerprint density at radius 3 is 2.69 bits per heavy atom. The van der Waals surface area contributed by atoms with Gasteiger partial charge in [-0.15, -0.1) is 0 Å². The van der Waals surface area contributed by atoms with Gasteiger partial charge in [0.25, 0.3) is 5.91 Å². The number of hydrogen-bond acceptors (Lipinski definition) is 5. The average molecular weight is 408 g/mol.